The monoisotopic (exact) mass is 363 g/mol. The van der Waals surface area contributed by atoms with Crippen molar-refractivity contribution >= 4 is 29.0 Å². The summed E-state index contributed by atoms with van der Waals surface area (Å²) in [5, 5.41) is 6.43. The minimum Gasteiger partial charge on any atom is -0.378 e. The van der Waals surface area contributed by atoms with Crippen LogP contribution in [0, 0.1) is 6.92 Å². The number of aryl methyl sites for hydroxylation is 1. The molecule has 1 aromatic carbocycles. The second kappa shape index (κ2) is 7.96. The Bertz CT molecular complexity index is 880. The molecule has 0 atom stereocenters. The first-order valence-corrected chi connectivity index (χ1v) is 8.85. The summed E-state index contributed by atoms with van der Waals surface area (Å²) in [4.78, 5) is 19.3. The van der Waals surface area contributed by atoms with Gasteiger partial charge in [-0.15, -0.1) is 0 Å². The SMILES string of the molecule is Cc1cc(Nc2ccc(N3CCOCC3)cc2)nc(Nc2ccncn2)n1. The Kier molecular flexibility index (Phi) is 5.06. The van der Waals surface area contributed by atoms with Crippen LogP contribution in [-0.4, -0.2) is 46.2 Å². The zero-order chi connectivity index (χ0) is 18.5. The van der Waals surface area contributed by atoms with Crippen molar-refractivity contribution in [2.45, 2.75) is 6.92 Å². The van der Waals surface area contributed by atoms with Crippen LogP contribution in [0.2, 0.25) is 0 Å². The van der Waals surface area contributed by atoms with Gasteiger partial charge in [0, 0.05) is 42.4 Å². The van der Waals surface area contributed by atoms with Crippen LogP contribution >= 0.6 is 0 Å². The number of morpholine rings is 1. The number of anilines is 5. The highest BCUT2D eigenvalue weighted by Crippen LogP contribution is 2.22. The first-order chi connectivity index (χ1) is 13.3. The summed E-state index contributed by atoms with van der Waals surface area (Å²) >= 11 is 0. The van der Waals surface area contributed by atoms with Crippen molar-refractivity contribution < 1.29 is 4.74 Å². The second-order valence-corrected chi connectivity index (χ2v) is 6.21. The summed E-state index contributed by atoms with van der Waals surface area (Å²) in [5.74, 6) is 1.86. The van der Waals surface area contributed by atoms with Crippen LogP contribution in [0.5, 0.6) is 0 Å². The number of hydrogen-bond acceptors (Lipinski definition) is 8. The number of ether oxygens (including phenoxy) is 1. The summed E-state index contributed by atoms with van der Waals surface area (Å²) in [7, 11) is 0. The van der Waals surface area contributed by atoms with E-state index >= 15 is 0 Å². The number of nitrogens with one attached hydrogen (secondary N) is 2. The fraction of sp³-hybridized carbons (Fsp3) is 0.263. The van der Waals surface area contributed by atoms with Gasteiger partial charge in [0.15, 0.2) is 0 Å². The van der Waals surface area contributed by atoms with Gasteiger partial charge in [-0.05, 0) is 37.3 Å². The highest BCUT2D eigenvalue weighted by molar-refractivity contribution is 5.62. The van der Waals surface area contributed by atoms with Crippen LogP contribution in [0.25, 0.3) is 0 Å². The van der Waals surface area contributed by atoms with Gasteiger partial charge in [0.05, 0.1) is 13.2 Å². The van der Waals surface area contributed by atoms with Gasteiger partial charge in [-0.1, -0.05) is 0 Å². The molecular weight excluding hydrogens is 342 g/mol. The summed E-state index contributed by atoms with van der Waals surface area (Å²) in [6.07, 6.45) is 3.15. The van der Waals surface area contributed by atoms with Crippen LogP contribution in [0.3, 0.4) is 0 Å². The molecule has 0 radical (unpaired) electrons. The molecule has 138 valence electrons. The molecule has 3 heterocycles. The van der Waals surface area contributed by atoms with E-state index in [2.05, 4.69) is 59.7 Å². The number of aromatic nitrogens is 4. The van der Waals surface area contributed by atoms with Crippen LogP contribution in [-0.2, 0) is 4.74 Å². The molecule has 0 bridgehead atoms. The third-order valence-electron chi connectivity index (χ3n) is 4.19. The van der Waals surface area contributed by atoms with E-state index in [1.165, 1.54) is 12.0 Å². The Hall–Kier alpha value is -3.26. The normalized spacial score (nSPS) is 14.0. The fourth-order valence-electron chi connectivity index (χ4n) is 2.89. The molecule has 0 saturated carbocycles. The third kappa shape index (κ3) is 4.48. The van der Waals surface area contributed by atoms with Crippen LogP contribution in [0.4, 0.5) is 29.0 Å². The molecule has 4 rings (SSSR count). The molecule has 1 saturated heterocycles. The largest absolute Gasteiger partial charge is 0.378 e. The van der Waals surface area contributed by atoms with E-state index in [-0.39, 0.29) is 0 Å². The number of hydrogen-bond donors (Lipinski definition) is 2. The molecule has 1 fully saturated rings. The van der Waals surface area contributed by atoms with Crippen molar-refractivity contribution in [2.75, 3.05) is 41.8 Å². The summed E-state index contributed by atoms with van der Waals surface area (Å²) < 4.78 is 5.41. The summed E-state index contributed by atoms with van der Waals surface area (Å²) in [6, 6.07) is 12.0. The smallest absolute Gasteiger partial charge is 0.230 e. The average Bonchev–Trinajstić information content (AvgIpc) is 2.70. The number of rotatable bonds is 5. The highest BCUT2D eigenvalue weighted by atomic mass is 16.5. The molecule has 2 aromatic heterocycles. The molecule has 0 amide bonds. The molecule has 2 N–H and O–H groups in total. The van der Waals surface area contributed by atoms with E-state index in [1.807, 2.05) is 13.0 Å². The molecule has 27 heavy (non-hydrogen) atoms. The zero-order valence-electron chi connectivity index (χ0n) is 15.1. The lowest BCUT2D eigenvalue weighted by Crippen LogP contribution is -2.36. The predicted molar refractivity (Wildman–Crippen MR) is 105 cm³/mol. The van der Waals surface area contributed by atoms with Gasteiger partial charge >= 0.3 is 0 Å². The van der Waals surface area contributed by atoms with Gasteiger partial charge in [-0.2, -0.15) is 4.98 Å². The average molecular weight is 363 g/mol. The Morgan fingerprint density at radius 1 is 0.963 bits per heavy atom. The van der Waals surface area contributed by atoms with Gasteiger partial charge < -0.3 is 20.3 Å². The maximum Gasteiger partial charge on any atom is 0.230 e. The first kappa shape index (κ1) is 17.2. The quantitative estimate of drug-likeness (QED) is 0.715. The van der Waals surface area contributed by atoms with Gasteiger partial charge in [-0.25, -0.2) is 15.0 Å². The molecular formula is C19H21N7O. The Labute approximate surface area is 157 Å². The van der Waals surface area contributed by atoms with E-state index in [1.54, 1.807) is 12.3 Å². The van der Waals surface area contributed by atoms with Crippen molar-refractivity contribution in [3.8, 4) is 0 Å². The Balaban J connectivity index is 1.47. The maximum absolute atomic E-state index is 5.41. The highest BCUT2D eigenvalue weighted by Gasteiger charge is 2.11. The second-order valence-electron chi connectivity index (χ2n) is 6.21. The number of benzene rings is 1. The minimum atomic E-state index is 0.487. The third-order valence-corrected chi connectivity index (χ3v) is 4.19. The van der Waals surface area contributed by atoms with Gasteiger partial charge in [-0.3, -0.25) is 0 Å². The minimum absolute atomic E-state index is 0.487. The molecule has 3 aromatic rings. The van der Waals surface area contributed by atoms with Crippen LogP contribution < -0.4 is 15.5 Å². The first-order valence-electron chi connectivity index (χ1n) is 8.85. The maximum atomic E-state index is 5.41. The molecule has 8 nitrogen and oxygen atoms in total. The molecule has 1 aliphatic heterocycles. The summed E-state index contributed by atoms with van der Waals surface area (Å²) in [6.45, 7) is 5.34. The van der Waals surface area contributed by atoms with E-state index in [0.717, 1.165) is 43.5 Å². The van der Waals surface area contributed by atoms with Gasteiger partial charge in [0.1, 0.15) is 18.0 Å². The molecule has 0 aliphatic carbocycles. The van der Waals surface area contributed by atoms with Crippen molar-refractivity contribution in [2.24, 2.45) is 0 Å². The fourth-order valence-corrected chi connectivity index (χ4v) is 2.89. The molecule has 0 spiro atoms. The zero-order valence-corrected chi connectivity index (χ0v) is 15.1. The van der Waals surface area contributed by atoms with Gasteiger partial charge in [0.25, 0.3) is 0 Å². The van der Waals surface area contributed by atoms with Crippen molar-refractivity contribution in [1.82, 2.24) is 19.9 Å². The van der Waals surface area contributed by atoms with E-state index in [0.29, 0.717) is 11.8 Å². The van der Waals surface area contributed by atoms with Crippen molar-refractivity contribution in [1.29, 1.82) is 0 Å². The molecule has 1 aliphatic rings. The summed E-state index contributed by atoms with van der Waals surface area (Å²) in [5.41, 5.74) is 3.03. The van der Waals surface area contributed by atoms with E-state index in [9.17, 15) is 0 Å². The number of nitrogens with zero attached hydrogens (tertiary/aromatic N) is 5. The lowest BCUT2D eigenvalue weighted by molar-refractivity contribution is 0.122. The van der Waals surface area contributed by atoms with E-state index < -0.39 is 0 Å². The predicted octanol–water partition coefficient (Wildman–Crippen LogP) is 2.90. The molecule has 0 unspecified atom stereocenters. The van der Waals surface area contributed by atoms with E-state index in [4.69, 9.17) is 4.74 Å². The lowest BCUT2D eigenvalue weighted by Gasteiger charge is -2.28. The Morgan fingerprint density at radius 2 is 1.78 bits per heavy atom. The van der Waals surface area contributed by atoms with Crippen LogP contribution in [0.1, 0.15) is 5.69 Å². The topological polar surface area (TPSA) is 88.1 Å². The molecule has 8 heteroatoms. The van der Waals surface area contributed by atoms with Crippen molar-refractivity contribution in [3.05, 3.63) is 54.6 Å². The Morgan fingerprint density at radius 3 is 2.52 bits per heavy atom. The van der Waals surface area contributed by atoms with Gasteiger partial charge in [0.2, 0.25) is 5.95 Å². The van der Waals surface area contributed by atoms with Crippen LogP contribution in [0.15, 0.2) is 48.9 Å². The standard InChI is InChI=1S/C19H21N7O/c1-14-12-18(25-19(22-14)24-17-6-7-20-13-21-17)23-15-2-4-16(5-3-15)26-8-10-27-11-9-26/h2-7,12-13H,8-11H2,1H3,(H2,20,21,22,23,24,25). The van der Waals surface area contributed by atoms with Crippen molar-refractivity contribution in [3.63, 3.8) is 0 Å². The lowest BCUT2D eigenvalue weighted by atomic mass is 10.2.